The van der Waals surface area contributed by atoms with Gasteiger partial charge < -0.3 is 21.1 Å². The van der Waals surface area contributed by atoms with Crippen LogP contribution in [0.5, 0.6) is 0 Å². The lowest BCUT2D eigenvalue weighted by atomic mass is 10.1. The number of carbonyl (C=O) groups excluding carboxylic acids is 2. The summed E-state index contributed by atoms with van der Waals surface area (Å²) < 4.78 is 0. The summed E-state index contributed by atoms with van der Waals surface area (Å²) in [5.74, 6) is -0.598. The number of halogens is 1. The fourth-order valence-corrected chi connectivity index (χ4v) is 3.36. The molecule has 6 nitrogen and oxygen atoms in total. The molecular formula is C20H22ClN3O3. The monoisotopic (exact) mass is 387 g/mol. The minimum absolute atomic E-state index is 0.117. The van der Waals surface area contributed by atoms with Crippen molar-refractivity contribution in [3.05, 3.63) is 64.2 Å². The largest absolute Gasteiger partial charge is 0.398 e. The quantitative estimate of drug-likeness (QED) is 0.700. The van der Waals surface area contributed by atoms with Gasteiger partial charge >= 0.3 is 0 Å². The Morgan fingerprint density at radius 1 is 1.26 bits per heavy atom. The Bertz CT molecular complexity index is 854. The summed E-state index contributed by atoms with van der Waals surface area (Å²) in [5, 5.41) is 13.5. The first-order chi connectivity index (χ1) is 12.9. The predicted octanol–water partition coefficient (Wildman–Crippen LogP) is 2.12. The molecule has 1 heterocycles. The topological polar surface area (TPSA) is 95.7 Å². The minimum Gasteiger partial charge on any atom is -0.398 e. The average Bonchev–Trinajstić information content (AvgIpc) is 3.04. The van der Waals surface area contributed by atoms with E-state index in [0.717, 1.165) is 5.56 Å². The summed E-state index contributed by atoms with van der Waals surface area (Å²) in [6.45, 7) is 2.21. The standard InChI is InChI=1S/C20H22ClN3O3/c1-12-16(3-2-4-17(12)22)20(27)24-11-15(25)9-18(24)19(26)23-10-13-5-7-14(21)8-6-13/h2-8,15,18,25H,9-11,22H2,1H3,(H,23,26)/t15-,18?/m1/s1. The highest BCUT2D eigenvalue weighted by Crippen LogP contribution is 2.24. The van der Waals surface area contributed by atoms with Crippen LogP contribution < -0.4 is 11.1 Å². The third kappa shape index (κ3) is 4.23. The number of β-amino-alcohol motifs (C(OH)–C–C–N with tert-alkyl or cyclic N) is 1. The summed E-state index contributed by atoms with van der Waals surface area (Å²) in [6, 6.07) is 11.5. The number of nitrogens with one attached hydrogen (secondary N) is 1. The molecule has 27 heavy (non-hydrogen) atoms. The van der Waals surface area contributed by atoms with E-state index in [1.807, 2.05) is 12.1 Å². The molecule has 2 aromatic rings. The fraction of sp³-hybridized carbons (Fsp3) is 0.300. The van der Waals surface area contributed by atoms with Gasteiger partial charge in [0, 0.05) is 35.8 Å². The molecule has 2 aromatic carbocycles. The lowest BCUT2D eigenvalue weighted by Gasteiger charge is -2.24. The minimum atomic E-state index is -0.735. The molecule has 1 aliphatic heterocycles. The molecule has 0 spiro atoms. The molecule has 0 bridgehead atoms. The van der Waals surface area contributed by atoms with E-state index in [-0.39, 0.29) is 24.8 Å². The third-order valence-corrected chi connectivity index (χ3v) is 5.08. The lowest BCUT2D eigenvalue weighted by molar-refractivity contribution is -0.125. The Kier molecular flexibility index (Phi) is 5.68. The van der Waals surface area contributed by atoms with Crippen molar-refractivity contribution in [3.8, 4) is 0 Å². The van der Waals surface area contributed by atoms with Crippen molar-refractivity contribution < 1.29 is 14.7 Å². The van der Waals surface area contributed by atoms with E-state index < -0.39 is 12.1 Å². The Morgan fingerprint density at radius 2 is 1.96 bits per heavy atom. The molecule has 2 amide bonds. The Morgan fingerprint density at radius 3 is 2.67 bits per heavy atom. The molecule has 1 saturated heterocycles. The van der Waals surface area contributed by atoms with Crippen molar-refractivity contribution >= 4 is 29.1 Å². The molecular weight excluding hydrogens is 366 g/mol. The highest BCUT2D eigenvalue weighted by molar-refractivity contribution is 6.30. The van der Waals surface area contributed by atoms with E-state index in [1.165, 1.54) is 4.90 Å². The Balaban J connectivity index is 1.73. The molecule has 0 radical (unpaired) electrons. The summed E-state index contributed by atoms with van der Waals surface area (Å²) in [4.78, 5) is 27.0. The van der Waals surface area contributed by atoms with Crippen LogP contribution in [0.4, 0.5) is 5.69 Å². The van der Waals surface area contributed by atoms with Crippen molar-refractivity contribution in [2.24, 2.45) is 0 Å². The number of hydrogen-bond donors (Lipinski definition) is 3. The molecule has 4 N–H and O–H groups in total. The van der Waals surface area contributed by atoms with Crippen LogP contribution in [0.15, 0.2) is 42.5 Å². The molecule has 1 unspecified atom stereocenters. The van der Waals surface area contributed by atoms with Gasteiger partial charge in [-0.25, -0.2) is 0 Å². The number of anilines is 1. The SMILES string of the molecule is Cc1c(N)cccc1C(=O)N1C[C@H](O)CC1C(=O)NCc1ccc(Cl)cc1. The first-order valence-electron chi connectivity index (χ1n) is 8.73. The van der Waals surface area contributed by atoms with Crippen LogP contribution in [-0.4, -0.2) is 40.5 Å². The number of amides is 2. The zero-order valence-electron chi connectivity index (χ0n) is 15.0. The summed E-state index contributed by atoms with van der Waals surface area (Å²) in [6.07, 6.45) is -0.527. The summed E-state index contributed by atoms with van der Waals surface area (Å²) in [5.41, 5.74) is 8.42. The van der Waals surface area contributed by atoms with E-state index in [1.54, 1.807) is 37.3 Å². The van der Waals surface area contributed by atoms with Crippen LogP contribution >= 0.6 is 11.6 Å². The molecule has 3 rings (SSSR count). The maximum Gasteiger partial charge on any atom is 0.254 e. The van der Waals surface area contributed by atoms with Gasteiger partial charge in [-0.2, -0.15) is 0 Å². The van der Waals surface area contributed by atoms with Gasteiger partial charge in [0.05, 0.1) is 6.10 Å². The lowest BCUT2D eigenvalue weighted by Crippen LogP contribution is -2.46. The average molecular weight is 388 g/mol. The number of rotatable bonds is 4. The molecule has 0 saturated carbocycles. The normalized spacial score (nSPS) is 19.1. The number of nitrogens with zero attached hydrogens (tertiary/aromatic N) is 1. The fourth-order valence-electron chi connectivity index (χ4n) is 3.24. The molecule has 2 atom stereocenters. The first-order valence-corrected chi connectivity index (χ1v) is 9.11. The first kappa shape index (κ1) is 19.2. The van der Waals surface area contributed by atoms with Crippen molar-refractivity contribution in [1.29, 1.82) is 0 Å². The summed E-state index contributed by atoms with van der Waals surface area (Å²) in [7, 11) is 0. The van der Waals surface area contributed by atoms with Crippen LogP contribution in [0.25, 0.3) is 0 Å². The molecule has 0 aliphatic carbocycles. The van der Waals surface area contributed by atoms with Crippen LogP contribution in [0.1, 0.15) is 27.9 Å². The Labute approximate surface area is 162 Å². The van der Waals surface area contributed by atoms with Crippen molar-refractivity contribution in [3.63, 3.8) is 0 Å². The van der Waals surface area contributed by atoms with Gasteiger partial charge in [0.15, 0.2) is 0 Å². The number of nitrogens with two attached hydrogens (primary N) is 1. The highest BCUT2D eigenvalue weighted by atomic mass is 35.5. The van der Waals surface area contributed by atoms with Gasteiger partial charge in [-0.15, -0.1) is 0 Å². The van der Waals surface area contributed by atoms with Crippen molar-refractivity contribution in [2.45, 2.75) is 32.0 Å². The zero-order chi connectivity index (χ0) is 19.6. The number of nitrogen functional groups attached to an aromatic ring is 1. The van der Waals surface area contributed by atoms with E-state index in [9.17, 15) is 14.7 Å². The second-order valence-electron chi connectivity index (χ2n) is 6.73. The third-order valence-electron chi connectivity index (χ3n) is 4.83. The predicted molar refractivity (Wildman–Crippen MR) is 104 cm³/mol. The van der Waals surface area contributed by atoms with E-state index in [2.05, 4.69) is 5.32 Å². The molecule has 1 fully saturated rings. The van der Waals surface area contributed by atoms with Crippen molar-refractivity contribution in [2.75, 3.05) is 12.3 Å². The molecule has 7 heteroatoms. The highest BCUT2D eigenvalue weighted by Gasteiger charge is 2.39. The number of carbonyl (C=O) groups is 2. The molecule has 1 aliphatic rings. The van der Waals surface area contributed by atoms with Crippen LogP contribution in [0, 0.1) is 6.92 Å². The Hall–Kier alpha value is -2.57. The van der Waals surface area contributed by atoms with Crippen LogP contribution in [-0.2, 0) is 11.3 Å². The van der Waals surface area contributed by atoms with Crippen molar-refractivity contribution in [1.82, 2.24) is 10.2 Å². The maximum absolute atomic E-state index is 13.0. The number of hydrogen-bond acceptors (Lipinski definition) is 4. The zero-order valence-corrected chi connectivity index (χ0v) is 15.7. The number of likely N-dealkylation sites (tertiary alicyclic amines) is 1. The van der Waals surface area contributed by atoms with E-state index in [4.69, 9.17) is 17.3 Å². The van der Waals surface area contributed by atoms with E-state index in [0.29, 0.717) is 28.4 Å². The molecule has 0 aromatic heterocycles. The number of aliphatic hydroxyl groups is 1. The van der Waals surface area contributed by atoms with Crippen LogP contribution in [0.2, 0.25) is 5.02 Å². The smallest absolute Gasteiger partial charge is 0.254 e. The second-order valence-corrected chi connectivity index (χ2v) is 7.16. The van der Waals surface area contributed by atoms with Gasteiger partial charge in [0.25, 0.3) is 5.91 Å². The molecule has 142 valence electrons. The number of aliphatic hydroxyl groups excluding tert-OH is 1. The van der Waals surface area contributed by atoms with E-state index >= 15 is 0 Å². The summed E-state index contributed by atoms with van der Waals surface area (Å²) >= 11 is 5.86. The van der Waals surface area contributed by atoms with Gasteiger partial charge in [-0.1, -0.05) is 29.8 Å². The van der Waals surface area contributed by atoms with Gasteiger partial charge in [0.1, 0.15) is 6.04 Å². The van der Waals surface area contributed by atoms with Gasteiger partial charge in [-0.05, 0) is 42.3 Å². The second kappa shape index (κ2) is 7.98. The van der Waals surface area contributed by atoms with Gasteiger partial charge in [-0.3, -0.25) is 9.59 Å². The number of benzene rings is 2. The van der Waals surface area contributed by atoms with Crippen LogP contribution in [0.3, 0.4) is 0 Å². The maximum atomic E-state index is 13.0. The van der Waals surface area contributed by atoms with Gasteiger partial charge in [0.2, 0.25) is 5.91 Å².